The summed E-state index contributed by atoms with van der Waals surface area (Å²) in [4.78, 5) is 17.5. The first-order valence-corrected chi connectivity index (χ1v) is 9.81. The van der Waals surface area contributed by atoms with Crippen LogP contribution < -0.4 is 5.32 Å². The second-order valence-corrected chi connectivity index (χ2v) is 8.18. The lowest BCUT2D eigenvalue weighted by Gasteiger charge is -2.17. The second kappa shape index (κ2) is 7.85. The molecule has 0 fully saturated rings. The number of anilines is 1. The van der Waals surface area contributed by atoms with Crippen LogP contribution in [0.3, 0.4) is 0 Å². The van der Waals surface area contributed by atoms with Gasteiger partial charge in [0.15, 0.2) is 4.34 Å². The minimum Gasteiger partial charge on any atom is -0.325 e. The normalized spacial score (nSPS) is 12.0. The largest absolute Gasteiger partial charge is 0.325 e. The predicted octanol–water partition coefficient (Wildman–Crippen LogP) is 5.54. The Hall–Kier alpha value is -2.11. The Morgan fingerprint density at radius 1 is 1.12 bits per heavy atom. The number of nitrogens with zero attached hydrogens (tertiary/aromatic N) is 1. The van der Waals surface area contributed by atoms with E-state index < -0.39 is 0 Å². The number of aryl methyl sites for hydroxylation is 3. The molecule has 0 saturated heterocycles. The molecular formula is C20H20N2OS2. The Morgan fingerprint density at radius 3 is 2.56 bits per heavy atom. The van der Waals surface area contributed by atoms with Crippen molar-refractivity contribution < 1.29 is 4.79 Å². The molecule has 0 aliphatic heterocycles. The van der Waals surface area contributed by atoms with Crippen LogP contribution in [0.1, 0.15) is 27.6 Å². The minimum atomic E-state index is -0.341. The number of thiazole rings is 1. The molecule has 1 amide bonds. The van der Waals surface area contributed by atoms with Crippen molar-refractivity contribution in [2.45, 2.75) is 30.4 Å². The Morgan fingerprint density at radius 2 is 1.88 bits per heavy atom. The van der Waals surface area contributed by atoms with E-state index in [9.17, 15) is 4.79 Å². The van der Waals surface area contributed by atoms with Gasteiger partial charge in [0.1, 0.15) is 5.25 Å². The summed E-state index contributed by atoms with van der Waals surface area (Å²) in [7, 11) is 0. The number of carbonyl (C=O) groups excluding carboxylic acids is 1. The van der Waals surface area contributed by atoms with Crippen LogP contribution in [0.15, 0.2) is 58.3 Å². The summed E-state index contributed by atoms with van der Waals surface area (Å²) in [6.45, 7) is 6.00. The minimum absolute atomic E-state index is 0.0299. The molecule has 3 aromatic rings. The zero-order chi connectivity index (χ0) is 17.8. The molecule has 1 aromatic heterocycles. The molecule has 0 aliphatic rings. The third kappa shape index (κ3) is 4.50. The molecule has 1 N–H and O–H groups in total. The highest BCUT2D eigenvalue weighted by molar-refractivity contribution is 8.01. The van der Waals surface area contributed by atoms with Gasteiger partial charge in [0.05, 0.1) is 0 Å². The highest BCUT2D eigenvalue weighted by Gasteiger charge is 2.24. The molecule has 5 heteroatoms. The van der Waals surface area contributed by atoms with E-state index >= 15 is 0 Å². The molecule has 0 radical (unpaired) electrons. The molecule has 1 heterocycles. The van der Waals surface area contributed by atoms with Crippen LogP contribution in [0.5, 0.6) is 0 Å². The van der Waals surface area contributed by atoms with Crippen molar-refractivity contribution in [1.29, 1.82) is 0 Å². The zero-order valence-electron chi connectivity index (χ0n) is 14.4. The van der Waals surface area contributed by atoms with Crippen LogP contribution in [0, 0.1) is 20.8 Å². The topological polar surface area (TPSA) is 42.0 Å². The molecule has 0 bridgehead atoms. The lowest BCUT2D eigenvalue weighted by atomic mass is 10.1. The fourth-order valence-corrected chi connectivity index (χ4v) is 4.49. The van der Waals surface area contributed by atoms with Gasteiger partial charge in [0.2, 0.25) is 5.91 Å². The molecule has 3 nitrogen and oxygen atoms in total. The number of rotatable bonds is 5. The van der Waals surface area contributed by atoms with Crippen LogP contribution in [-0.4, -0.2) is 10.9 Å². The number of thioether (sulfide) groups is 1. The van der Waals surface area contributed by atoms with Crippen molar-refractivity contribution in [3.8, 4) is 0 Å². The van der Waals surface area contributed by atoms with E-state index in [0.29, 0.717) is 0 Å². The molecule has 1 atom stereocenters. The lowest BCUT2D eigenvalue weighted by Crippen LogP contribution is -2.19. The predicted molar refractivity (Wildman–Crippen MR) is 106 cm³/mol. The van der Waals surface area contributed by atoms with Crippen molar-refractivity contribution in [3.05, 3.63) is 76.3 Å². The summed E-state index contributed by atoms with van der Waals surface area (Å²) >= 11 is 3.07. The van der Waals surface area contributed by atoms with E-state index in [2.05, 4.69) is 10.3 Å². The molecule has 128 valence electrons. The van der Waals surface area contributed by atoms with Crippen molar-refractivity contribution in [2.75, 3.05) is 5.32 Å². The van der Waals surface area contributed by atoms with Gasteiger partial charge in [-0.1, -0.05) is 54.2 Å². The van der Waals surface area contributed by atoms with E-state index in [-0.39, 0.29) is 11.2 Å². The third-order valence-electron chi connectivity index (χ3n) is 3.81. The number of hydrogen-bond donors (Lipinski definition) is 1. The van der Waals surface area contributed by atoms with Crippen molar-refractivity contribution in [2.24, 2.45) is 0 Å². The fraction of sp³-hybridized carbons (Fsp3) is 0.200. The van der Waals surface area contributed by atoms with Crippen molar-refractivity contribution >= 4 is 34.7 Å². The van der Waals surface area contributed by atoms with E-state index in [0.717, 1.165) is 32.4 Å². The summed E-state index contributed by atoms with van der Waals surface area (Å²) in [5.41, 5.74) is 5.00. The van der Waals surface area contributed by atoms with Crippen LogP contribution in [0.2, 0.25) is 0 Å². The third-order valence-corrected chi connectivity index (χ3v) is 6.15. The molecule has 25 heavy (non-hydrogen) atoms. The van der Waals surface area contributed by atoms with Gasteiger partial charge in [-0.15, -0.1) is 11.3 Å². The summed E-state index contributed by atoms with van der Waals surface area (Å²) < 4.78 is 0.905. The molecule has 0 aliphatic carbocycles. The van der Waals surface area contributed by atoms with Gasteiger partial charge in [-0.2, -0.15) is 0 Å². The molecule has 0 spiro atoms. The second-order valence-electron chi connectivity index (χ2n) is 5.97. The highest BCUT2D eigenvalue weighted by Crippen LogP contribution is 2.38. The molecular weight excluding hydrogens is 348 g/mol. The SMILES string of the molecule is Cc1ccc(C)c(NC(=O)[C@H](Sc2nc(C)cs2)c2ccccc2)c1. The van der Waals surface area contributed by atoms with Gasteiger partial charge in [-0.25, -0.2) is 4.98 Å². The maximum atomic E-state index is 13.0. The van der Waals surface area contributed by atoms with Gasteiger partial charge >= 0.3 is 0 Å². The summed E-state index contributed by atoms with van der Waals surface area (Å²) in [6, 6.07) is 15.9. The molecule has 0 saturated carbocycles. The van der Waals surface area contributed by atoms with Crippen molar-refractivity contribution in [3.63, 3.8) is 0 Å². The standard InChI is InChI=1S/C20H20N2OS2/c1-13-9-10-14(2)17(11-13)22-19(23)18(16-7-5-4-6-8-16)25-20-21-15(3)12-24-20/h4-12,18H,1-3H3,(H,22,23)/t18-/m1/s1. The van der Waals surface area contributed by atoms with E-state index in [1.165, 1.54) is 11.8 Å². The van der Waals surface area contributed by atoms with Crippen LogP contribution in [0.25, 0.3) is 0 Å². The highest BCUT2D eigenvalue weighted by atomic mass is 32.2. The van der Waals surface area contributed by atoms with Gasteiger partial charge in [0, 0.05) is 16.8 Å². The quantitative estimate of drug-likeness (QED) is 0.601. The van der Waals surface area contributed by atoms with E-state index in [4.69, 9.17) is 0 Å². The average Bonchev–Trinajstić information content (AvgIpc) is 3.02. The maximum Gasteiger partial charge on any atom is 0.242 e. The zero-order valence-corrected chi connectivity index (χ0v) is 16.1. The van der Waals surface area contributed by atoms with E-state index in [1.807, 2.05) is 74.7 Å². The van der Waals surface area contributed by atoms with Gasteiger partial charge in [-0.3, -0.25) is 4.79 Å². The van der Waals surface area contributed by atoms with Crippen LogP contribution >= 0.6 is 23.1 Å². The van der Waals surface area contributed by atoms with Crippen LogP contribution in [-0.2, 0) is 4.79 Å². The molecule has 2 aromatic carbocycles. The number of carbonyl (C=O) groups is 1. The number of benzene rings is 2. The Kier molecular flexibility index (Phi) is 5.56. The maximum absolute atomic E-state index is 13.0. The van der Waals surface area contributed by atoms with Gasteiger partial charge in [0.25, 0.3) is 0 Å². The number of aromatic nitrogens is 1. The number of hydrogen-bond acceptors (Lipinski definition) is 4. The number of nitrogens with one attached hydrogen (secondary N) is 1. The van der Waals surface area contributed by atoms with Gasteiger partial charge in [-0.05, 0) is 43.5 Å². The summed E-state index contributed by atoms with van der Waals surface area (Å²) in [5, 5.41) is 4.76. The molecule has 3 rings (SSSR count). The fourth-order valence-electron chi connectivity index (χ4n) is 2.46. The Labute approximate surface area is 156 Å². The summed E-state index contributed by atoms with van der Waals surface area (Å²) in [6.07, 6.45) is 0. The Balaban J connectivity index is 1.88. The first kappa shape index (κ1) is 17.7. The lowest BCUT2D eigenvalue weighted by molar-refractivity contribution is -0.115. The monoisotopic (exact) mass is 368 g/mol. The van der Waals surface area contributed by atoms with Gasteiger partial charge < -0.3 is 5.32 Å². The van der Waals surface area contributed by atoms with Crippen LogP contribution in [0.4, 0.5) is 5.69 Å². The number of amides is 1. The average molecular weight is 369 g/mol. The Bertz CT molecular complexity index is 874. The smallest absolute Gasteiger partial charge is 0.242 e. The first-order valence-electron chi connectivity index (χ1n) is 8.05. The first-order chi connectivity index (χ1) is 12.0. The van der Waals surface area contributed by atoms with Crippen molar-refractivity contribution in [1.82, 2.24) is 4.98 Å². The molecule has 0 unspecified atom stereocenters. The van der Waals surface area contributed by atoms with E-state index in [1.54, 1.807) is 11.3 Å². The summed E-state index contributed by atoms with van der Waals surface area (Å²) in [5.74, 6) is -0.0299.